The van der Waals surface area contributed by atoms with Crippen LogP contribution < -0.4 is 9.80 Å². The van der Waals surface area contributed by atoms with Gasteiger partial charge < -0.3 is 14.9 Å². The Morgan fingerprint density at radius 3 is 2.59 bits per heavy atom. The van der Waals surface area contributed by atoms with Crippen LogP contribution in [-0.4, -0.2) is 37.3 Å². The van der Waals surface area contributed by atoms with Gasteiger partial charge in [-0.25, -0.2) is 0 Å². The Labute approximate surface area is 102 Å². The molecule has 0 aliphatic carbocycles. The Bertz CT molecular complexity index is 419. The van der Waals surface area contributed by atoms with Crippen LogP contribution in [0.2, 0.25) is 0 Å². The lowest BCUT2D eigenvalue weighted by molar-refractivity contribution is -0.915. The minimum atomic E-state index is 0.0570. The van der Waals surface area contributed by atoms with Gasteiger partial charge in [-0.1, -0.05) is 12.1 Å². The van der Waals surface area contributed by atoms with Crippen LogP contribution in [0, 0.1) is 11.3 Å². The molecule has 1 aromatic rings. The van der Waals surface area contributed by atoms with Crippen molar-refractivity contribution in [2.75, 3.05) is 31.1 Å². The van der Waals surface area contributed by atoms with Crippen LogP contribution in [0.5, 0.6) is 5.75 Å². The van der Waals surface area contributed by atoms with Crippen LogP contribution in [0.3, 0.4) is 0 Å². The van der Waals surface area contributed by atoms with Crippen LogP contribution in [0.4, 0.5) is 5.69 Å². The molecular weight excluding hydrogens is 214 g/mol. The largest absolute Gasteiger partial charge is 0.506 e. The maximum absolute atomic E-state index is 9.78. The fourth-order valence-corrected chi connectivity index (χ4v) is 2.29. The van der Waals surface area contributed by atoms with Crippen molar-refractivity contribution >= 4 is 5.69 Å². The molecule has 0 aromatic heterocycles. The van der Waals surface area contributed by atoms with Crippen molar-refractivity contribution in [1.29, 1.82) is 5.26 Å². The highest BCUT2D eigenvalue weighted by Crippen LogP contribution is 2.25. The van der Waals surface area contributed by atoms with Gasteiger partial charge in [0.15, 0.2) is 6.04 Å². The number of piperazine rings is 1. The van der Waals surface area contributed by atoms with Gasteiger partial charge in [-0.3, -0.25) is 0 Å². The lowest BCUT2D eigenvalue weighted by atomic mass is 10.2. The molecule has 0 unspecified atom stereocenters. The molecular formula is C13H18N3O+. The summed E-state index contributed by atoms with van der Waals surface area (Å²) in [5.74, 6) is 0.337. The van der Waals surface area contributed by atoms with Crippen LogP contribution in [-0.2, 0) is 0 Å². The lowest BCUT2D eigenvalue weighted by Crippen LogP contribution is -3.17. The number of nitriles is 1. The van der Waals surface area contributed by atoms with E-state index in [-0.39, 0.29) is 6.04 Å². The van der Waals surface area contributed by atoms with Crippen molar-refractivity contribution in [3.8, 4) is 11.8 Å². The average molecular weight is 232 g/mol. The first kappa shape index (κ1) is 11.7. The number of para-hydroxylation sites is 2. The Morgan fingerprint density at radius 1 is 1.35 bits per heavy atom. The first-order valence-electron chi connectivity index (χ1n) is 5.99. The Morgan fingerprint density at radius 2 is 2.00 bits per heavy atom. The summed E-state index contributed by atoms with van der Waals surface area (Å²) in [6, 6.07) is 9.77. The number of nitrogens with zero attached hydrogens (tertiary/aromatic N) is 2. The average Bonchev–Trinajstić information content (AvgIpc) is 2.39. The number of rotatable bonds is 2. The summed E-state index contributed by atoms with van der Waals surface area (Å²) in [6.07, 6.45) is 0. The van der Waals surface area contributed by atoms with Crippen molar-refractivity contribution in [3.05, 3.63) is 24.3 Å². The minimum absolute atomic E-state index is 0.0570. The number of anilines is 1. The second-order valence-electron chi connectivity index (χ2n) is 4.48. The maximum Gasteiger partial charge on any atom is 0.172 e. The van der Waals surface area contributed by atoms with Crippen LogP contribution in [0.15, 0.2) is 24.3 Å². The number of nitrogens with one attached hydrogen (secondary N) is 1. The summed E-state index contributed by atoms with van der Waals surface area (Å²) < 4.78 is 0. The third-order valence-corrected chi connectivity index (χ3v) is 3.43. The Hall–Kier alpha value is -1.73. The Kier molecular flexibility index (Phi) is 3.50. The van der Waals surface area contributed by atoms with E-state index in [1.54, 1.807) is 6.07 Å². The number of hydrogen-bond acceptors (Lipinski definition) is 3. The van der Waals surface area contributed by atoms with Crippen molar-refractivity contribution in [2.45, 2.75) is 13.0 Å². The van der Waals surface area contributed by atoms with E-state index in [0.29, 0.717) is 5.75 Å². The van der Waals surface area contributed by atoms with E-state index in [9.17, 15) is 5.11 Å². The zero-order chi connectivity index (χ0) is 12.3. The number of quaternary nitrogens is 1. The summed E-state index contributed by atoms with van der Waals surface area (Å²) >= 11 is 0. The molecule has 0 bridgehead atoms. The van der Waals surface area contributed by atoms with Gasteiger partial charge in [-0.05, 0) is 12.1 Å². The molecule has 1 aliphatic rings. The summed E-state index contributed by atoms with van der Waals surface area (Å²) in [6.45, 7) is 5.63. The maximum atomic E-state index is 9.78. The molecule has 2 N–H and O–H groups in total. The number of phenols is 1. The molecule has 0 radical (unpaired) electrons. The van der Waals surface area contributed by atoms with E-state index in [1.807, 2.05) is 25.1 Å². The third-order valence-electron chi connectivity index (χ3n) is 3.43. The Balaban J connectivity index is 2.01. The zero-order valence-corrected chi connectivity index (χ0v) is 10.1. The summed E-state index contributed by atoms with van der Waals surface area (Å²) in [5, 5.41) is 18.7. The quantitative estimate of drug-likeness (QED) is 0.755. The van der Waals surface area contributed by atoms with Crippen LogP contribution in [0.25, 0.3) is 0 Å². The van der Waals surface area contributed by atoms with Gasteiger partial charge >= 0.3 is 0 Å². The van der Waals surface area contributed by atoms with Crippen molar-refractivity contribution in [2.24, 2.45) is 0 Å². The topological polar surface area (TPSA) is 51.7 Å². The summed E-state index contributed by atoms with van der Waals surface area (Å²) in [7, 11) is 0. The molecule has 1 aromatic carbocycles. The second-order valence-corrected chi connectivity index (χ2v) is 4.48. The standard InChI is InChI=1S/C13H17N3O/c1-11(10-14)15-6-8-16(9-7-15)12-4-2-3-5-13(12)17/h2-5,11,17H,6-9H2,1H3/p+1/t11-/m0/s1. The highest BCUT2D eigenvalue weighted by atomic mass is 16.3. The molecule has 1 saturated heterocycles. The first-order valence-corrected chi connectivity index (χ1v) is 5.99. The lowest BCUT2D eigenvalue weighted by Gasteiger charge is -2.34. The molecule has 4 heteroatoms. The molecule has 0 amide bonds. The van der Waals surface area contributed by atoms with E-state index in [4.69, 9.17) is 5.26 Å². The molecule has 1 atom stereocenters. The fraction of sp³-hybridized carbons (Fsp3) is 0.462. The SMILES string of the molecule is C[C@@H](C#N)[NH+]1CCN(c2ccccc2O)CC1. The molecule has 0 saturated carbocycles. The monoisotopic (exact) mass is 232 g/mol. The van der Waals surface area contributed by atoms with E-state index in [1.165, 1.54) is 4.90 Å². The van der Waals surface area contributed by atoms with Gasteiger partial charge in [0.2, 0.25) is 0 Å². The molecule has 17 heavy (non-hydrogen) atoms. The van der Waals surface area contributed by atoms with Gasteiger partial charge in [0.25, 0.3) is 0 Å². The predicted octanol–water partition coefficient (Wildman–Crippen LogP) is 0.00918. The highest BCUT2D eigenvalue weighted by molar-refractivity contribution is 5.57. The minimum Gasteiger partial charge on any atom is -0.506 e. The van der Waals surface area contributed by atoms with Gasteiger partial charge in [0.05, 0.1) is 31.9 Å². The molecule has 2 rings (SSSR count). The number of benzene rings is 1. The first-order chi connectivity index (χ1) is 8.22. The number of hydrogen-bond donors (Lipinski definition) is 2. The summed E-state index contributed by atoms with van der Waals surface area (Å²) in [5.41, 5.74) is 0.899. The van der Waals surface area contributed by atoms with Crippen molar-refractivity contribution < 1.29 is 10.0 Å². The normalized spacial score (nSPS) is 18.7. The second kappa shape index (κ2) is 5.07. The molecule has 4 nitrogen and oxygen atoms in total. The van der Waals surface area contributed by atoms with E-state index in [0.717, 1.165) is 31.9 Å². The van der Waals surface area contributed by atoms with Crippen LogP contribution in [0.1, 0.15) is 6.92 Å². The van der Waals surface area contributed by atoms with E-state index >= 15 is 0 Å². The van der Waals surface area contributed by atoms with Crippen molar-refractivity contribution in [1.82, 2.24) is 0 Å². The van der Waals surface area contributed by atoms with E-state index in [2.05, 4.69) is 11.0 Å². The molecule has 0 spiro atoms. The fourth-order valence-electron chi connectivity index (χ4n) is 2.29. The highest BCUT2D eigenvalue weighted by Gasteiger charge is 2.25. The van der Waals surface area contributed by atoms with Gasteiger partial charge in [0.1, 0.15) is 11.8 Å². The van der Waals surface area contributed by atoms with Gasteiger partial charge in [0, 0.05) is 6.92 Å². The van der Waals surface area contributed by atoms with Crippen LogP contribution >= 0.6 is 0 Å². The predicted molar refractivity (Wildman–Crippen MR) is 66.1 cm³/mol. The van der Waals surface area contributed by atoms with Gasteiger partial charge in [-0.2, -0.15) is 5.26 Å². The number of aromatic hydroxyl groups is 1. The zero-order valence-electron chi connectivity index (χ0n) is 10.1. The molecule has 1 heterocycles. The third kappa shape index (κ3) is 2.51. The molecule has 90 valence electrons. The summed E-state index contributed by atoms with van der Waals surface area (Å²) in [4.78, 5) is 3.52. The molecule has 1 aliphatic heterocycles. The number of phenolic OH excluding ortho intramolecular Hbond substituents is 1. The van der Waals surface area contributed by atoms with E-state index < -0.39 is 0 Å². The smallest absolute Gasteiger partial charge is 0.172 e. The molecule has 1 fully saturated rings. The van der Waals surface area contributed by atoms with Gasteiger partial charge in [-0.15, -0.1) is 0 Å². The van der Waals surface area contributed by atoms with Crippen molar-refractivity contribution in [3.63, 3.8) is 0 Å².